The third-order valence-corrected chi connectivity index (χ3v) is 3.28. The number of esters is 1. The highest BCUT2D eigenvalue weighted by Gasteiger charge is 2.52. The van der Waals surface area contributed by atoms with Crippen molar-refractivity contribution < 1.29 is 13.9 Å². The first-order chi connectivity index (χ1) is 8.72. The Hall–Kier alpha value is -1.58. The largest absolute Gasteiger partial charge is 0.460 e. The van der Waals surface area contributed by atoms with E-state index in [1.807, 2.05) is 20.8 Å². The summed E-state index contributed by atoms with van der Waals surface area (Å²) < 4.78 is 19.1. The van der Waals surface area contributed by atoms with Crippen LogP contribution < -0.4 is 5.73 Å². The summed E-state index contributed by atoms with van der Waals surface area (Å²) in [6.45, 7) is 5.51. The molecule has 1 aliphatic carbocycles. The van der Waals surface area contributed by atoms with Crippen LogP contribution >= 0.6 is 0 Å². The molecule has 1 aromatic carbocycles. The molecule has 0 spiro atoms. The van der Waals surface area contributed by atoms with Crippen LogP contribution in [0, 0.1) is 11.2 Å². The number of ether oxygens (including phenoxy) is 1. The molecule has 0 aromatic heterocycles. The maximum Gasteiger partial charge on any atom is 0.312 e. The summed E-state index contributed by atoms with van der Waals surface area (Å²) >= 11 is 0. The van der Waals surface area contributed by atoms with E-state index >= 15 is 0 Å². The first-order valence-electron chi connectivity index (χ1n) is 6.49. The number of hydrogen-bond acceptors (Lipinski definition) is 3. The molecule has 1 saturated carbocycles. The molecule has 0 unspecified atom stereocenters. The Morgan fingerprint density at radius 1 is 1.42 bits per heavy atom. The van der Waals surface area contributed by atoms with Crippen LogP contribution in [0.1, 0.15) is 39.2 Å². The molecule has 0 radical (unpaired) electrons. The molecule has 1 fully saturated rings. The van der Waals surface area contributed by atoms with Crippen LogP contribution in [0.2, 0.25) is 0 Å². The lowest BCUT2D eigenvalue weighted by Crippen LogP contribution is -2.31. The number of nitrogen functional groups attached to an aromatic ring is 1. The zero-order chi connectivity index (χ0) is 14.3. The van der Waals surface area contributed by atoms with E-state index in [0.29, 0.717) is 17.7 Å². The van der Waals surface area contributed by atoms with Gasteiger partial charge in [0.2, 0.25) is 0 Å². The van der Waals surface area contributed by atoms with E-state index in [4.69, 9.17) is 10.5 Å². The van der Waals surface area contributed by atoms with Gasteiger partial charge in [0.1, 0.15) is 11.4 Å². The Kier molecular flexibility index (Phi) is 3.29. The second kappa shape index (κ2) is 4.51. The van der Waals surface area contributed by atoms with Gasteiger partial charge in [0.25, 0.3) is 0 Å². The number of carbonyl (C=O) groups excluding carboxylic acids is 1. The second-order valence-corrected chi connectivity index (χ2v) is 6.31. The molecule has 3 nitrogen and oxygen atoms in total. The first kappa shape index (κ1) is 13.8. The summed E-state index contributed by atoms with van der Waals surface area (Å²) in [5.74, 6) is -0.550. The minimum absolute atomic E-state index is 0.234. The SMILES string of the molecule is CC(C)(C)OC(=O)C1(Cc2cc(N)ccc2F)CC1. The van der Waals surface area contributed by atoms with Crippen LogP contribution in [0.25, 0.3) is 0 Å². The van der Waals surface area contributed by atoms with Gasteiger partial charge in [-0.05, 0) is 63.8 Å². The van der Waals surface area contributed by atoms with Gasteiger partial charge in [-0.3, -0.25) is 4.79 Å². The molecule has 0 atom stereocenters. The zero-order valence-electron chi connectivity index (χ0n) is 11.6. The maximum atomic E-state index is 13.7. The summed E-state index contributed by atoms with van der Waals surface area (Å²) in [6.07, 6.45) is 1.85. The van der Waals surface area contributed by atoms with Gasteiger partial charge >= 0.3 is 5.97 Å². The monoisotopic (exact) mass is 265 g/mol. The van der Waals surface area contributed by atoms with Crippen molar-refractivity contribution in [2.45, 2.75) is 45.6 Å². The first-order valence-corrected chi connectivity index (χ1v) is 6.49. The van der Waals surface area contributed by atoms with Crippen LogP contribution in [-0.4, -0.2) is 11.6 Å². The molecule has 4 heteroatoms. The molecule has 0 heterocycles. The van der Waals surface area contributed by atoms with Crippen molar-refractivity contribution in [1.29, 1.82) is 0 Å². The molecule has 0 amide bonds. The fourth-order valence-corrected chi connectivity index (χ4v) is 2.09. The van der Waals surface area contributed by atoms with Crippen LogP contribution in [0.3, 0.4) is 0 Å². The highest BCUT2D eigenvalue weighted by Crippen LogP contribution is 2.50. The highest BCUT2D eigenvalue weighted by molar-refractivity contribution is 5.80. The minimum atomic E-state index is -0.554. The van der Waals surface area contributed by atoms with Gasteiger partial charge < -0.3 is 10.5 Å². The molecule has 104 valence electrons. The Bertz CT molecular complexity index is 501. The van der Waals surface area contributed by atoms with Gasteiger partial charge in [0.15, 0.2) is 0 Å². The predicted molar refractivity (Wildman–Crippen MR) is 72.0 cm³/mol. The topological polar surface area (TPSA) is 52.3 Å². The van der Waals surface area contributed by atoms with Crippen molar-refractivity contribution in [2.24, 2.45) is 5.41 Å². The van der Waals surface area contributed by atoms with Crippen LogP contribution in [0.5, 0.6) is 0 Å². The molecular formula is C15H20FNO2. The molecule has 2 rings (SSSR count). The molecular weight excluding hydrogens is 245 g/mol. The summed E-state index contributed by atoms with van der Waals surface area (Å²) in [4.78, 5) is 12.2. The van der Waals surface area contributed by atoms with E-state index in [0.717, 1.165) is 12.8 Å². The molecule has 1 aliphatic rings. The van der Waals surface area contributed by atoms with Crippen molar-refractivity contribution in [3.63, 3.8) is 0 Å². The second-order valence-electron chi connectivity index (χ2n) is 6.31. The minimum Gasteiger partial charge on any atom is -0.460 e. The van der Waals surface area contributed by atoms with Gasteiger partial charge in [-0.2, -0.15) is 0 Å². The lowest BCUT2D eigenvalue weighted by Gasteiger charge is -2.24. The van der Waals surface area contributed by atoms with Crippen molar-refractivity contribution in [1.82, 2.24) is 0 Å². The highest BCUT2D eigenvalue weighted by atomic mass is 19.1. The summed E-state index contributed by atoms with van der Waals surface area (Å²) in [5.41, 5.74) is 5.59. The quantitative estimate of drug-likeness (QED) is 0.675. The van der Waals surface area contributed by atoms with E-state index in [2.05, 4.69) is 0 Å². The number of benzene rings is 1. The molecule has 1 aromatic rings. The maximum absolute atomic E-state index is 13.7. The lowest BCUT2D eigenvalue weighted by molar-refractivity contribution is -0.161. The van der Waals surface area contributed by atoms with Crippen LogP contribution in [-0.2, 0) is 16.0 Å². The molecule has 19 heavy (non-hydrogen) atoms. The Balaban J connectivity index is 2.14. The number of anilines is 1. The van der Waals surface area contributed by atoms with Gasteiger partial charge in [-0.1, -0.05) is 0 Å². The normalized spacial score (nSPS) is 17.1. The fraction of sp³-hybridized carbons (Fsp3) is 0.533. The molecule has 2 N–H and O–H groups in total. The van der Waals surface area contributed by atoms with E-state index < -0.39 is 11.0 Å². The van der Waals surface area contributed by atoms with Gasteiger partial charge in [-0.15, -0.1) is 0 Å². The number of carbonyl (C=O) groups is 1. The molecule has 0 bridgehead atoms. The van der Waals surface area contributed by atoms with Crippen molar-refractivity contribution >= 4 is 11.7 Å². The average molecular weight is 265 g/mol. The number of rotatable bonds is 3. The van der Waals surface area contributed by atoms with Gasteiger partial charge in [0, 0.05) is 5.69 Å². The standard InChI is InChI=1S/C15H20FNO2/c1-14(2,3)19-13(18)15(6-7-15)9-10-8-11(17)4-5-12(10)16/h4-5,8H,6-7,9,17H2,1-3H3. The number of nitrogens with two attached hydrogens (primary N) is 1. The smallest absolute Gasteiger partial charge is 0.312 e. The Morgan fingerprint density at radius 3 is 2.58 bits per heavy atom. The van der Waals surface area contributed by atoms with Crippen molar-refractivity contribution in [3.8, 4) is 0 Å². The zero-order valence-corrected chi connectivity index (χ0v) is 11.6. The third-order valence-electron chi connectivity index (χ3n) is 3.28. The Labute approximate surface area is 112 Å². The Morgan fingerprint density at radius 2 is 2.05 bits per heavy atom. The molecule has 0 saturated heterocycles. The molecule has 0 aliphatic heterocycles. The summed E-state index contributed by atoms with van der Waals surface area (Å²) in [6, 6.07) is 4.46. The van der Waals surface area contributed by atoms with E-state index in [9.17, 15) is 9.18 Å². The predicted octanol–water partition coefficient (Wildman–Crippen LogP) is 3.07. The number of halogens is 1. The fourth-order valence-electron chi connectivity index (χ4n) is 2.09. The van der Waals surface area contributed by atoms with Crippen LogP contribution in [0.4, 0.5) is 10.1 Å². The van der Waals surface area contributed by atoms with Gasteiger partial charge in [0.05, 0.1) is 5.41 Å². The third kappa shape index (κ3) is 3.25. The van der Waals surface area contributed by atoms with Crippen LogP contribution in [0.15, 0.2) is 18.2 Å². The van der Waals surface area contributed by atoms with Crippen molar-refractivity contribution in [3.05, 3.63) is 29.6 Å². The average Bonchev–Trinajstić information content (AvgIpc) is 3.02. The summed E-state index contributed by atoms with van der Waals surface area (Å²) in [5, 5.41) is 0. The summed E-state index contributed by atoms with van der Waals surface area (Å²) in [7, 11) is 0. The van der Waals surface area contributed by atoms with Crippen molar-refractivity contribution in [2.75, 3.05) is 5.73 Å². The van der Waals surface area contributed by atoms with E-state index in [1.165, 1.54) is 12.1 Å². The van der Waals surface area contributed by atoms with E-state index in [-0.39, 0.29) is 11.8 Å². The van der Waals surface area contributed by atoms with E-state index in [1.54, 1.807) is 6.07 Å². The number of hydrogen-bond donors (Lipinski definition) is 1. The van der Waals surface area contributed by atoms with Gasteiger partial charge in [-0.25, -0.2) is 4.39 Å². The lowest BCUT2D eigenvalue weighted by atomic mass is 9.95.